The summed E-state index contributed by atoms with van der Waals surface area (Å²) in [7, 11) is 0. The number of nitrogens with two attached hydrogens (primary N) is 1. The average molecular weight is 324 g/mol. The molecule has 108 valence electrons. The van der Waals surface area contributed by atoms with Crippen molar-refractivity contribution in [3.63, 3.8) is 0 Å². The first-order valence-electron chi connectivity index (χ1n) is 5.95. The summed E-state index contributed by atoms with van der Waals surface area (Å²) in [5.41, 5.74) is 6.97. The molecular formula is C14H11ClFN3OS. The first kappa shape index (κ1) is 15.3. The molecule has 21 heavy (non-hydrogen) atoms. The third-order valence-corrected chi connectivity index (χ3v) is 3.24. The molecule has 0 saturated carbocycles. The van der Waals surface area contributed by atoms with Crippen molar-refractivity contribution in [3.05, 3.63) is 64.2 Å². The number of pyridine rings is 1. The van der Waals surface area contributed by atoms with Crippen molar-refractivity contribution in [2.75, 3.05) is 0 Å². The highest BCUT2D eigenvalue weighted by Gasteiger charge is 2.08. The predicted molar refractivity (Wildman–Crippen MR) is 82.7 cm³/mol. The van der Waals surface area contributed by atoms with Crippen molar-refractivity contribution in [1.29, 1.82) is 0 Å². The van der Waals surface area contributed by atoms with Crippen molar-refractivity contribution in [2.24, 2.45) is 5.73 Å². The molecule has 2 aromatic rings. The second-order valence-corrected chi connectivity index (χ2v) is 5.07. The van der Waals surface area contributed by atoms with Gasteiger partial charge in [-0.1, -0.05) is 29.9 Å². The molecule has 0 unspecified atom stereocenters. The van der Waals surface area contributed by atoms with E-state index in [0.29, 0.717) is 11.1 Å². The molecule has 0 radical (unpaired) electrons. The number of nitrogens with one attached hydrogen (secondary N) is 1. The normalized spacial score (nSPS) is 10.2. The molecule has 1 amide bonds. The van der Waals surface area contributed by atoms with Crippen LogP contribution in [0.2, 0.25) is 5.02 Å². The van der Waals surface area contributed by atoms with Gasteiger partial charge in [-0.25, -0.2) is 4.39 Å². The van der Waals surface area contributed by atoms with Crippen molar-refractivity contribution < 1.29 is 9.18 Å². The third kappa shape index (κ3) is 3.96. The van der Waals surface area contributed by atoms with Crippen molar-refractivity contribution in [1.82, 2.24) is 10.3 Å². The molecule has 0 atom stereocenters. The fourth-order valence-corrected chi connectivity index (χ4v) is 1.92. The second kappa shape index (κ2) is 6.60. The fraction of sp³-hybridized carbons (Fsp3) is 0.0714. The summed E-state index contributed by atoms with van der Waals surface area (Å²) in [6, 6.07) is 7.41. The van der Waals surface area contributed by atoms with E-state index in [1.807, 2.05) is 0 Å². The van der Waals surface area contributed by atoms with Crippen LogP contribution in [0.15, 0.2) is 36.5 Å². The zero-order valence-electron chi connectivity index (χ0n) is 10.8. The van der Waals surface area contributed by atoms with Gasteiger partial charge in [0.15, 0.2) is 0 Å². The summed E-state index contributed by atoms with van der Waals surface area (Å²) in [6.45, 7) is 0.220. The van der Waals surface area contributed by atoms with E-state index in [1.165, 1.54) is 24.4 Å². The molecule has 0 bridgehead atoms. The summed E-state index contributed by atoms with van der Waals surface area (Å²) in [4.78, 5) is 16.1. The Kier molecular flexibility index (Phi) is 4.82. The molecule has 0 aliphatic carbocycles. The number of aromatic nitrogens is 1. The Morgan fingerprint density at radius 2 is 2.14 bits per heavy atom. The van der Waals surface area contributed by atoms with Crippen molar-refractivity contribution in [2.45, 2.75) is 6.54 Å². The Balaban J connectivity index is 2.01. The van der Waals surface area contributed by atoms with Gasteiger partial charge in [0.1, 0.15) is 16.5 Å². The number of amides is 1. The van der Waals surface area contributed by atoms with E-state index in [2.05, 4.69) is 10.3 Å². The van der Waals surface area contributed by atoms with Crippen LogP contribution in [-0.2, 0) is 6.54 Å². The van der Waals surface area contributed by atoms with Gasteiger partial charge in [0.2, 0.25) is 0 Å². The summed E-state index contributed by atoms with van der Waals surface area (Å²) >= 11 is 10.5. The smallest absolute Gasteiger partial charge is 0.270 e. The molecule has 0 aliphatic rings. The van der Waals surface area contributed by atoms with E-state index in [4.69, 9.17) is 29.6 Å². The fourth-order valence-electron chi connectivity index (χ4n) is 1.60. The van der Waals surface area contributed by atoms with Crippen LogP contribution in [0.1, 0.15) is 21.6 Å². The number of carbonyl (C=O) groups is 1. The first-order valence-corrected chi connectivity index (χ1v) is 6.74. The monoisotopic (exact) mass is 323 g/mol. The molecular weight excluding hydrogens is 313 g/mol. The maximum Gasteiger partial charge on any atom is 0.270 e. The van der Waals surface area contributed by atoms with Gasteiger partial charge in [0.05, 0.1) is 5.02 Å². The van der Waals surface area contributed by atoms with E-state index in [-0.39, 0.29) is 28.2 Å². The predicted octanol–water partition coefficient (Wildman–Crippen LogP) is 2.44. The Bertz CT molecular complexity index is 691. The molecule has 2 rings (SSSR count). The molecule has 0 aliphatic heterocycles. The first-order chi connectivity index (χ1) is 9.97. The maximum absolute atomic E-state index is 13.0. The van der Waals surface area contributed by atoms with Crippen LogP contribution in [0, 0.1) is 5.82 Å². The molecule has 7 heteroatoms. The number of benzene rings is 1. The number of hydrogen-bond donors (Lipinski definition) is 2. The van der Waals surface area contributed by atoms with Crippen LogP contribution in [0.4, 0.5) is 4.39 Å². The van der Waals surface area contributed by atoms with E-state index >= 15 is 0 Å². The largest absolute Gasteiger partial charge is 0.389 e. The van der Waals surface area contributed by atoms with Crippen LogP contribution in [0.3, 0.4) is 0 Å². The average Bonchev–Trinajstić information content (AvgIpc) is 2.48. The summed E-state index contributed by atoms with van der Waals surface area (Å²) in [5, 5.41) is 2.68. The Morgan fingerprint density at radius 3 is 2.71 bits per heavy atom. The van der Waals surface area contributed by atoms with Crippen molar-refractivity contribution in [3.8, 4) is 0 Å². The standard InChI is InChI=1S/C14H11ClFN3OS/c15-10-5-8(1-3-11(10)16)6-19-14(20)12-4-2-9(7-18-12)13(17)21/h1-5,7H,6H2,(H2,17,21)(H,19,20). The van der Waals surface area contributed by atoms with E-state index in [1.54, 1.807) is 12.1 Å². The highest BCUT2D eigenvalue weighted by atomic mass is 35.5. The summed E-state index contributed by atoms with van der Waals surface area (Å²) < 4.78 is 13.0. The lowest BCUT2D eigenvalue weighted by Gasteiger charge is -2.06. The number of thiocarbonyl (C=S) groups is 1. The SMILES string of the molecule is NC(=S)c1ccc(C(=O)NCc2ccc(F)c(Cl)c2)nc1. The highest BCUT2D eigenvalue weighted by Crippen LogP contribution is 2.15. The number of rotatable bonds is 4. The molecule has 1 heterocycles. The summed E-state index contributed by atoms with van der Waals surface area (Å²) in [6.07, 6.45) is 1.44. The van der Waals surface area contributed by atoms with Crippen molar-refractivity contribution >= 4 is 34.7 Å². The molecule has 3 N–H and O–H groups in total. The van der Waals surface area contributed by atoms with Crippen LogP contribution >= 0.6 is 23.8 Å². The Morgan fingerprint density at radius 1 is 1.38 bits per heavy atom. The zero-order chi connectivity index (χ0) is 15.4. The Hall–Kier alpha value is -2.05. The minimum atomic E-state index is -0.498. The van der Waals surface area contributed by atoms with Gasteiger partial charge in [-0.2, -0.15) is 0 Å². The highest BCUT2D eigenvalue weighted by molar-refractivity contribution is 7.80. The second-order valence-electron chi connectivity index (χ2n) is 4.23. The Labute approximate surface area is 131 Å². The minimum Gasteiger partial charge on any atom is -0.389 e. The third-order valence-electron chi connectivity index (χ3n) is 2.72. The number of halogens is 2. The molecule has 0 saturated heterocycles. The summed E-state index contributed by atoms with van der Waals surface area (Å²) in [5.74, 6) is -0.855. The molecule has 1 aromatic carbocycles. The molecule has 1 aromatic heterocycles. The minimum absolute atomic E-state index is 0.0145. The van der Waals surface area contributed by atoms with Gasteiger partial charge in [-0.15, -0.1) is 0 Å². The van der Waals surface area contributed by atoms with E-state index < -0.39 is 5.82 Å². The maximum atomic E-state index is 13.0. The lowest BCUT2D eigenvalue weighted by molar-refractivity contribution is 0.0946. The van der Waals surface area contributed by atoms with Crippen LogP contribution < -0.4 is 11.1 Å². The molecule has 0 spiro atoms. The quantitative estimate of drug-likeness (QED) is 0.848. The molecule has 0 fully saturated rings. The number of carbonyl (C=O) groups excluding carboxylic acids is 1. The van der Waals surface area contributed by atoms with Gasteiger partial charge >= 0.3 is 0 Å². The molecule has 4 nitrogen and oxygen atoms in total. The van der Waals surface area contributed by atoms with Gasteiger partial charge in [-0.05, 0) is 29.8 Å². The van der Waals surface area contributed by atoms with Crippen LogP contribution in [0.5, 0.6) is 0 Å². The number of nitrogens with zero attached hydrogens (tertiary/aromatic N) is 1. The lowest BCUT2D eigenvalue weighted by atomic mass is 10.2. The van der Waals surface area contributed by atoms with Crippen LogP contribution in [-0.4, -0.2) is 15.9 Å². The van der Waals surface area contributed by atoms with Gasteiger partial charge in [-0.3, -0.25) is 9.78 Å². The van der Waals surface area contributed by atoms with Crippen LogP contribution in [0.25, 0.3) is 0 Å². The van der Waals surface area contributed by atoms with E-state index in [0.717, 1.165) is 0 Å². The van der Waals surface area contributed by atoms with E-state index in [9.17, 15) is 9.18 Å². The van der Waals surface area contributed by atoms with Gasteiger partial charge in [0, 0.05) is 18.3 Å². The zero-order valence-corrected chi connectivity index (χ0v) is 12.3. The van der Waals surface area contributed by atoms with Gasteiger partial charge < -0.3 is 11.1 Å². The lowest BCUT2D eigenvalue weighted by Crippen LogP contribution is -2.24. The van der Waals surface area contributed by atoms with Gasteiger partial charge in [0.25, 0.3) is 5.91 Å². The topological polar surface area (TPSA) is 68.0 Å². The number of hydrogen-bond acceptors (Lipinski definition) is 3.